The molecule has 3 rings (SSSR count). The van der Waals surface area contributed by atoms with Crippen molar-refractivity contribution in [2.75, 3.05) is 6.61 Å². The standard InChI is InChI=1S/C12H12IN3O3/c13-12-9-7-8(16(17)18)4-5-10(9)15(14-12)11-3-1-2-6-19-11/h4-5,7,11H,1-3,6H2/t11-/m0/s1. The number of hydrogen-bond acceptors (Lipinski definition) is 4. The van der Waals surface area contributed by atoms with Crippen LogP contribution in [0.4, 0.5) is 5.69 Å². The zero-order valence-electron chi connectivity index (χ0n) is 10.1. The summed E-state index contributed by atoms with van der Waals surface area (Å²) in [6.45, 7) is 0.746. The molecule has 1 aliphatic rings. The molecular formula is C12H12IN3O3. The third-order valence-electron chi connectivity index (χ3n) is 3.28. The van der Waals surface area contributed by atoms with E-state index in [1.165, 1.54) is 6.07 Å². The maximum Gasteiger partial charge on any atom is 0.270 e. The van der Waals surface area contributed by atoms with Gasteiger partial charge in [0.15, 0.2) is 6.23 Å². The molecule has 0 saturated carbocycles. The number of fused-ring (bicyclic) bond motifs is 1. The minimum absolute atomic E-state index is 0.0544. The molecule has 1 saturated heterocycles. The topological polar surface area (TPSA) is 70.2 Å². The smallest absolute Gasteiger partial charge is 0.270 e. The van der Waals surface area contributed by atoms with Crippen LogP contribution in [0.2, 0.25) is 0 Å². The van der Waals surface area contributed by atoms with Gasteiger partial charge in [0.25, 0.3) is 5.69 Å². The van der Waals surface area contributed by atoms with Gasteiger partial charge >= 0.3 is 0 Å². The molecule has 1 atom stereocenters. The Balaban J connectivity index is 2.08. The molecule has 0 N–H and O–H groups in total. The monoisotopic (exact) mass is 373 g/mol. The van der Waals surface area contributed by atoms with Gasteiger partial charge in [-0.3, -0.25) is 10.1 Å². The molecule has 0 aliphatic carbocycles. The number of rotatable bonds is 2. The van der Waals surface area contributed by atoms with Crippen molar-refractivity contribution in [1.82, 2.24) is 9.78 Å². The van der Waals surface area contributed by atoms with Crippen LogP contribution in [-0.4, -0.2) is 21.3 Å². The predicted octanol–water partition coefficient (Wildman–Crippen LogP) is 3.25. The highest BCUT2D eigenvalue weighted by molar-refractivity contribution is 14.1. The second-order valence-electron chi connectivity index (χ2n) is 4.52. The van der Waals surface area contributed by atoms with Crippen molar-refractivity contribution in [2.24, 2.45) is 0 Å². The largest absolute Gasteiger partial charge is 0.356 e. The Labute approximate surface area is 123 Å². The van der Waals surface area contributed by atoms with E-state index < -0.39 is 0 Å². The molecule has 0 spiro atoms. The van der Waals surface area contributed by atoms with Crippen LogP contribution in [0.25, 0.3) is 10.9 Å². The van der Waals surface area contributed by atoms with Gasteiger partial charge in [-0.2, -0.15) is 5.10 Å². The number of benzene rings is 1. The zero-order chi connectivity index (χ0) is 13.4. The van der Waals surface area contributed by atoms with Crippen LogP contribution in [0.15, 0.2) is 18.2 Å². The van der Waals surface area contributed by atoms with E-state index in [0.717, 1.165) is 40.5 Å². The molecule has 1 aromatic heterocycles. The van der Waals surface area contributed by atoms with Crippen molar-refractivity contribution in [1.29, 1.82) is 0 Å². The molecule has 0 amide bonds. The number of halogens is 1. The van der Waals surface area contributed by atoms with Crippen molar-refractivity contribution in [3.63, 3.8) is 0 Å². The summed E-state index contributed by atoms with van der Waals surface area (Å²) in [7, 11) is 0. The Morgan fingerprint density at radius 1 is 1.47 bits per heavy atom. The summed E-state index contributed by atoms with van der Waals surface area (Å²) in [6.07, 6.45) is 3.08. The molecule has 1 fully saturated rings. The fourth-order valence-electron chi connectivity index (χ4n) is 2.34. The van der Waals surface area contributed by atoms with E-state index in [4.69, 9.17) is 4.74 Å². The summed E-state index contributed by atoms with van der Waals surface area (Å²) in [5.41, 5.74) is 0.983. The normalized spacial score (nSPS) is 19.7. The molecule has 1 aromatic carbocycles. The van der Waals surface area contributed by atoms with Gasteiger partial charge in [-0.25, -0.2) is 4.68 Å². The van der Waals surface area contributed by atoms with E-state index >= 15 is 0 Å². The van der Waals surface area contributed by atoms with Crippen molar-refractivity contribution < 1.29 is 9.66 Å². The summed E-state index contributed by atoms with van der Waals surface area (Å²) < 4.78 is 8.34. The molecular weight excluding hydrogens is 361 g/mol. The predicted molar refractivity (Wildman–Crippen MR) is 77.9 cm³/mol. The highest BCUT2D eigenvalue weighted by Crippen LogP contribution is 2.30. The minimum atomic E-state index is -0.385. The van der Waals surface area contributed by atoms with Crippen LogP contribution in [0.1, 0.15) is 25.5 Å². The Hall–Kier alpha value is -1.22. The fourth-order valence-corrected chi connectivity index (χ4v) is 3.01. The van der Waals surface area contributed by atoms with Gasteiger partial charge in [0.05, 0.1) is 10.4 Å². The average molecular weight is 373 g/mol. The third-order valence-corrected chi connectivity index (χ3v) is 4.08. The van der Waals surface area contributed by atoms with E-state index in [1.54, 1.807) is 12.1 Å². The minimum Gasteiger partial charge on any atom is -0.356 e. The maximum absolute atomic E-state index is 10.8. The number of non-ortho nitro benzene ring substituents is 1. The summed E-state index contributed by atoms with van der Waals surface area (Å²) in [6, 6.07) is 4.84. The summed E-state index contributed by atoms with van der Waals surface area (Å²) >= 11 is 2.11. The van der Waals surface area contributed by atoms with Gasteiger partial charge in [0.2, 0.25) is 0 Å². The molecule has 2 heterocycles. The molecule has 0 bridgehead atoms. The maximum atomic E-state index is 10.8. The first-order valence-corrected chi connectivity index (χ1v) is 7.18. The van der Waals surface area contributed by atoms with E-state index in [2.05, 4.69) is 27.7 Å². The quantitative estimate of drug-likeness (QED) is 0.460. The Morgan fingerprint density at radius 2 is 2.32 bits per heavy atom. The fraction of sp³-hybridized carbons (Fsp3) is 0.417. The van der Waals surface area contributed by atoms with E-state index in [0.29, 0.717) is 0 Å². The number of nitrogens with zero attached hydrogens (tertiary/aromatic N) is 3. The molecule has 2 aromatic rings. The van der Waals surface area contributed by atoms with E-state index in [9.17, 15) is 10.1 Å². The number of ether oxygens (including phenoxy) is 1. The first-order valence-electron chi connectivity index (χ1n) is 6.10. The Kier molecular flexibility index (Phi) is 3.40. The van der Waals surface area contributed by atoms with Crippen LogP contribution in [0.3, 0.4) is 0 Å². The van der Waals surface area contributed by atoms with Gasteiger partial charge in [-0.1, -0.05) is 0 Å². The highest BCUT2D eigenvalue weighted by atomic mass is 127. The van der Waals surface area contributed by atoms with Crippen molar-refractivity contribution in [2.45, 2.75) is 25.5 Å². The summed E-state index contributed by atoms with van der Waals surface area (Å²) in [4.78, 5) is 10.4. The third kappa shape index (κ3) is 2.32. The van der Waals surface area contributed by atoms with Crippen LogP contribution >= 0.6 is 22.6 Å². The van der Waals surface area contributed by atoms with Crippen molar-refractivity contribution >= 4 is 39.2 Å². The SMILES string of the molecule is O=[N+]([O-])c1ccc2c(c1)c(I)nn2[C@@H]1CCCCO1. The lowest BCUT2D eigenvalue weighted by atomic mass is 10.2. The highest BCUT2D eigenvalue weighted by Gasteiger charge is 2.21. The van der Waals surface area contributed by atoms with Crippen LogP contribution in [0, 0.1) is 13.8 Å². The van der Waals surface area contributed by atoms with Gasteiger partial charge in [0.1, 0.15) is 3.70 Å². The molecule has 0 unspecified atom stereocenters. The van der Waals surface area contributed by atoms with E-state index in [1.807, 2.05) is 4.68 Å². The number of hydrogen-bond donors (Lipinski definition) is 0. The summed E-state index contributed by atoms with van der Waals surface area (Å²) in [5.74, 6) is 0. The van der Waals surface area contributed by atoms with Crippen molar-refractivity contribution in [3.8, 4) is 0 Å². The van der Waals surface area contributed by atoms with Crippen LogP contribution in [-0.2, 0) is 4.74 Å². The van der Waals surface area contributed by atoms with Gasteiger partial charge in [0, 0.05) is 24.1 Å². The lowest BCUT2D eigenvalue weighted by molar-refractivity contribution is -0.384. The van der Waals surface area contributed by atoms with Crippen molar-refractivity contribution in [3.05, 3.63) is 32.0 Å². The first-order chi connectivity index (χ1) is 9.16. The molecule has 19 heavy (non-hydrogen) atoms. The second kappa shape index (κ2) is 5.04. The second-order valence-corrected chi connectivity index (χ2v) is 5.54. The average Bonchev–Trinajstić information content (AvgIpc) is 2.77. The Bertz CT molecular complexity index is 634. The number of aromatic nitrogens is 2. The molecule has 100 valence electrons. The van der Waals surface area contributed by atoms with Gasteiger partial charge in [-0.05, 0) is 47.9 Å². The molecule has 0 radical (unpaired) electrons. The molecule has 7 heteroatoms. The van der Waals surface area contributed by atoms with Gasteiger partial charge in [-0.15, -0.1) is 0 Å². The first kappa shape index (κ1) is 12.8. The Morgan fingerprint density at radius 3 is 3.00 bits per heavy atom. The number of nitro groups is 1. The summed E-state index contributed by atoms with van der Waals surface area (Å²) in [5, 5.41) is 16.1. The van der Waals surface area contributed by atoms with Crippen LogP contribution < -0.4 is 0 Å². The van der Waals surface area contributed by atoms with Gasteiger partial charge < -0.3 is 4.74 Å². The molecule has 6 nitrogen and oxygen atoms in total. The molecule has 1 aliphatic heterocycles. The lowest BCUT2D eigenvalue weighted by Crippen LogP contribution is -2.19. The number of nitro benzene ring substituents is 1. The zero-order valence-corrected chi connectivity index (χ0v) is 12.2. The lowest BCUT2D eigenvalue weighted by Gasteiger charge is -2.23. The van der Waals surface area contributed by atoms with Crippen LogP contribution in [0.5, 0.6) is 0 Å². The van der Waals surface area contributed by atoms with E-state index in [-0.39, 0.29) is 16.8 Å².